The first-order valence-corrected chi connectivity index (χ1v) is 4.75. The van der Waals surface area contributed by atoms with Crippen LogP contribution in [0.4, 0.5) is 0 Å². The standard InChI is InChI=1S/C10H14N2O2/c1-12-4-2-3-9(12)7-5-11-6-8(7)10(13)14/h2-4,7-8,11H,5-6H2,1H3,(H,13,14)/t7-,8+/m1/s1. The number of nitrogens with zero attached hydrogens (tertiary/aromatic N) is 1. The number of carbonyl (C=O) groups is 1. The summed E-state index contributed by atoms with van der Waals surface area (Å²) in [5.41, 5.74) is 1.10. The molecule has 1 aromatic heterocycles. The molecule has 0 unspecified atom stereocenters. The Balaban J connectivity index is 2.26. The highest BCUT2D eigenvalue weighted by molar-refractivity contribution is 5.72. The third-order valence-electron chi connectivity index (χ3n) is 2.90. The van der Waals surface area contributed by atoms with Gasteiger partial charge in [0.2, 0.25) is 0 Å². The molecule has 2 atom stereocenters. The van der Waals surface area contributed by atoms with Crippen molar-refractivity contribution in [2.75, 3.05) is 13.1 Å². The number of hydrogen-bond donors (Lipinski definition) is 2. The molecule has 76 valence electrons. The Bertz CT molecular complexity index is 346. The molecule has 2 heterocycles. The zero-order chi connectivity index (χ0) is 10.1. The van der Waals surface area contributed by atoms with E-state index in [1.54, 1.807) is 0 Å². The maximum absolute atomic E-state index is 11.0. The average molecular weight is 194 g/mol. The summed E-state index contributed by atoms with van der Waals surface area (Å²) in [6.07, 6.45) is 1.95. The minimum absolute atomic E-state index is 0.104. The SMILES string of the molecule is Cn1cccc1[C@@H]1CNC[C@@H]1C(=O)O. The fraction of sp³-hybridized carbons (Fsp3) is 0.500. The zero-order valence-electron chi connectivity index (χ0n) is 8.10. The second-order valence-electron chi connectivity index (χ2n) is 3.75. The van der Waals surface area contributed by atoms with Gasteiger partial charge in [0.05, 0.1) is 5.92 Å². The minimum Gasteiger partial charge on any atom is -0.481 e. The smallest absolute Gasteiger partial charge is 0.308 e. The van der Waals surface area contributed by atoms with Gasteiger partial charge in [0.1, 0.15) is 0 Å². The van der Waals surface area contributed by atoms with Crippen molar-refractivity contribution in [3.8, 4) is 0 Å². The van der Waals surface area contributed by atoms with Gasteiger partial charge < -0.3 is 15.0 Å². The van der Waals surface area contributed by atoms with E-state index in [1.807, 2.05) is 29.9 Å². The van der Waals surface area contributed by atoms with Crippen LogP contribution in [-0.4, -0.2) is 28.7 Å². The molecule has 14 heavy (non-hydrogen) atoms. The predicted octanol–water partition coefficient (Wildman–Crippen LogP) is 0.413. The molecule has 0 bridgehead atoms. The molecule has 4 nitrogen and oxygen atoms in total. The summed E-state index contributed by atoms with van der Waals surface area (Å²) in [5, 5.41) is 12.1. The van der Waals surface area contributed by atoms with E-state index in [9.17, 15) is 4.79 Å². The van der Waals surface area contributed by atoms with Crippen molar-refractivity contribution >= 4 is 5.97 Å². The topological polar surface area (TPSA) is 54.3 Å². The van der Waals surface area contributed by atoms with E-state index < -0.39 is 5.97 Å². The first-order valence-electron chi connectivity index (χ1n) is 4.75. The Morgan fingerprint density at radius 1 is 1.64 bits per heavy atom. The predicted molar refractivity (Wildman–Crippen MR) is 52.1 cm³/mol. The van der Waals surface area contributed by atoms with E-state index in [-0.39, 0.29) is 11.8 Å². The molecule has 0 aliphatic carbocycles. The Labute approximate surface area is 82.5 Å². The molecule has 0 aromatic carbocycles. The van der Waals surface area contributed by atoms with Gasteiger partial charge >= 0.3 is 5.97 Å². The summed E-state index contributed by atoms with van der Waals surface area (Å²) < 4.78 is 1.99. The van der Waals surface area contributed by atoms with Gasteiger partial charge in [-0.05, 0) is 12.1 Å². The lowest BCUT2D eigenvalue weighted by atomic mass is 9.93. The molecule has 1 aliphatic rings. The lowest BCUT2D eigenvalue weighted by molar-refractivity contribution is -0.141. The van der Waals surface area contributed by atoms with Gasteiger partial charge in [0.25, 0.3) is 0 Å². The Hall–Kier alpha value is -1.29. The molecule has 1 saturated heterocycles. The van der Waals surface area contributed by atoms with Crippen molar-refractivity contribution in [2.24, 2.45) is 13.0 Å². The van der Waals surface area contributed by atoms with Crippen LogP contribution in [0.3, 0.4) is 0 Å². The summed E-state index contributed by atoms with van der Waals surface area (Å²) in [6.45, 7) is 1.33. The highest BCUT2D eigenvalue weighted by atomic mass is 16.4. The lowest BCUT2D eigenvalue weighted by Gasteiger charge is -2.15. The van der Waals surface area contributed by atoms with Crippen molar-refractivity contribution < 1.29 is 9.90 Å². The summed E-state index contributed by atoms with van der Waals surface area (Å²) in [4.78, 5) is 11.0. The van der Waals surface area contributed by atoms with Crippen LogP contribution in [0.1, 0.15) is 11.6 Å². The molecule has 2 rings (SSSR count). The number of hydrogen-bond acceptors (Lipinski definition) is 2. The van der Waals surface area contributed by atoms with Gasteiger partial charge in [0, 0.05) is 37.9 Å². The largest absolute Gasteiger partial charge is 0.481 e. The molecule has 0 saturated carbocycles. The van der Waals surface area contributed by atoms with Gasteiger partial charge in [-0.25, -0.2) is 0 Å². The molecule has 2 N–H and O–H groups in total. The Kier molecular flexibility index (Phi) is 2.29. The van der Waals surface area contributed by atoms with E-state index in [2.05, 4.69) is 5.32 Å². The summed E-state index contributed by atoms with van der Waals surface area (Å²) >= 11 is 0. The van der Waals surface area contributed by atoms with Crippen molar-refractivity contribution in [1.82, 2.24) is 9.88 Å². The van der Waals surface area contributed by atoms with Crippen molar-refractivity contribution in [2.45, 2.75) is 5.92 Å². The van der Waals surface area contributed by atoms with Gasteiger partial charge in [-0.2, -0.15) is 0 Å². The second-order valence-corrected chi connectivity index (χ2v) is 3.75. The number of aromatic nitrogens is 1. The van der Waals surface area contributed by atoms with Crippen molar-refractivity contribution in [1.29, 1.82) is 0 Å². The third kappa shape index (κ3) is 1.42. The molecule has 4 heteroatoms. The summed E-state index contributed by atoms with van der Waals surface area (Å²) in [6, 6.07) is 3.94. The maximum Gasteiger partial charge on any atom is 0.308 e. The van der Waals surface area contributed by atoms with Gasteiger partial charge in [0.15, 0.2) is 0 Å². The first-order chi connectivity index (χ1) is 6.70. The van der Waals surface area contributed by atoms with Gasteiger partial charge in [-0.3, -0.25) is 4.79 Å². The van der Waals surface area contributed by atoms with E-state index in [0.29, 0.717) is 6.54 Å². The second kappa shape index (κ2) is 3.46. The van der Waals surface area contributed by atoms with E-state index in [0.717, 1.165) is 12.2 Å². The minimum atomic E-state index is -0.707. The molecular formula is C10H14N2O2. The molecule has 1 aliphatic heterocycles. The van der Waals surface area contributed by atoms with Crippen LogP contribution in [0.15, 0.2) is 18.3 Å². The number of aliphatic carboxylic acids is 1. The van der Waals surface area contributed by atoms with Crippen LogP contribution < -0.4 is 5.32 Å². The van der Waals surface area contributed by atoms with Crippen LogP contribution in [0.5, 0.6) is 0 Å². The molecular weight excluding hydrogens is 180 g/mol. The Morgan fingerprint density at radius 2 is 2.43 bits per heavy atom. The number of aryl methyl sites for hydroxylation is 1. The summed E-state index contributed by atoms with van der Waals surface area (Å²) in [7, 11) is 1.95. The Morgan fingerprint density at radius 3 is 3.00 bits per heavy atom. The van der Waals surface area contributed by atoms with E-state index in [1.165, 1.54) is 0 Å². The van der Waals surface area contributed by atoms with Crippen molar-refractivity contribution in [3.63, 3.8) is 0 Å². The highest BCUT2D eigenvalue weighted by Gasteiger charge is 2.34. The zero-order valence-corrected chi connectivity index (χ0v) is 8.10. The summed E-state index contributed by atoms with van der Waals surface area (Å²) in [5.74, 6) is -0.891. The average Bonchev–Trinajstić information content (AvgIpc) is 2.70. The molecule has 0 radical (unpaired) electrons. The molecule has 0 spiro atoms. The monoisotopic (exact) mass is 194 g/mol. The number of carboxylic acids is 1. The normalized spacial score (nSPS) is 26.6. The number of nitrogens with one attached hydrogen (secondary N) is 1. The van der Waals surface area contributed by atoms with E-state index >= 15 is 0 Å². The van der Waals surface area contributed by atoms with Gasteiger partial charge in [-0.1, -0.05) is 0 Å². The first kappa shape index (κ1) is 9.27. The maximum atomic E-state index is 11.0. The number of rotatable bonds is 2. The lowest BCUT2D eigenvalue weighted by Crippen LogP contribution is -2.22. The highest BCUT2D eigenvalue weighted by Crippen LogP contribution is 2.28. The molecule has 1 aromatic rings. The fourth-order valence-electron chi connectivity index (χ4n) is 2.11. The van der Waals surface area contributed by atoms with Crippen LogP contribution >= 0.6 is 0 Å². The van der Waals surface area contributed by atoms with Crippen LogP contribution in [0.2, 0.25) is 0 Å². The molecule has 1 fully saturated rings. The quantitative estimate of drug-likeness (QED) is 0.717. The van der Waals surface area contributed by atoms with Crippen LogP contribution in [-0.2, 0) is 11.8 Å². The molecule has 0 amide bonds. The number of carboxylic acid groups (broad SMARTS) is 1. The van der Waals surface area contributed by atoms with Gasteiger partial charge in [-0.15, -0.1) is 0 Å². The van der Waals surface area contributed by atoms with E-state index in [4.69, 9.17) is 5.11 Å². The van der Waals surface area contributed by atoms with Crippen molar-refractivity contribution in [3.05, 3.63) is 24.0 Å². The third-order valence-corrected chi connectivity index (χ3v) is 2.90. The van der Waals surface area contributed by atoms with Crippen LogP contribution in [0.25, 0.3) is 0 Å². The van der Waals surface area contributed by atoms with Crippen LogP contribution in [0, 0.1) is 5.92 Å². The fourth-order valence-corrected chi connectivity index (χ4v) is 2.11.